The number of phenolic OH excluding ortho intramolecular Hbond substituents is 2. The molecule has 0 saturated carbocycles. The Morgan fingerprint density at radius 2 is 1.87 bits per heavy atom. The normalized spacial score (nSPS) is 27.8. The van der Waals surface area contributed by atoms with Gasteiger partial charge in [0.1, 0.15) is 36.1 Å². The molecule has 2 aromatic carbocycles. The zero-order chi connectivity index (χ0) is 34.2. The van der Waals surface area contributed by atoms with Crippen molar-refractivity contribution in [2.24, 2.45) is 10.7 Å². The van der Waals surface area contributed by atoms with Gasteiger partial charge in [0.25, 0.3) is 0 Å². The van der Waals surface area contributed by atoms with Gasteiger partial charge in [0, 0.05) is 48.4 Å². The highest BCUT2D eigenvalue weighted by molar-refractivity contribution is 6.31. The first-order valence-electron chi connectivity index (χ1n) is 15.5. The highest BCUT2D eigenvalue weighted by Crippen LogP contribution is 2.52. The van der Waals surface area contributed by atoms with Gasteiger partial charge in [-0.3, -0.25) is 19.4 Å². The molecule has 0 bridgehead atoms. The number of carbonyl (C=O) groups is 3. The summed E-state index contributed by atoms with van der Waals surface area (Å²) >= 11 is 0. The molecule has 2 aromatic rings. The molecule has 254 valence electrons. The molecule has 14 heteroatoms. The van der Waals surface area contributed by atoms with E-state index < -0.39 is 95.7 Å². The number of Topliss-reactive ketones (excluding diaryl/α,β-unsaturated/α-hetero) is 1. The van der Waals surface area contributed by atoms with Crippen molar-refractivity contribution >= 4 is 23.2 Å². The zero-order valence-corrected chi connectivity index (χ0v) is 26.4. The van der Waals surface area contributed by atoms with Crippen LogP contribution in [0, 0.1) is 0 Å². The number of aromatic hydroxyl groups is 2. The smallest absolute Gasteiger partial charge is 0.202 e. The highest BCUT2D eigenvalue weighted by Gasteiger charge is 2.50. The maximum atomic E-state index is 13.6. The number of aliphatic hydroxyl groups is 3. The van der Waals surface area contributed by atoms with Crippen molar-refractivity contribution in [3.05, 3.63) is 51.6 Å². The number of benzene rings is 2. The summed E-state index contributed by atoms with van der Waals surface area (Å²) in [6.07, 6.45) is -2.97. The van der Waals surface area contributed by atoms with E-state index in [0.717, 1.165) is 31.9 Å². The Labute approximate surface area is 270 Å². The van der Waals surface area contributed by atoms with Crippen LogP contribution >= 0.6 is 0 Å². The largest absolute Gasteiger partial charge is 0.507 e. The van der Waals surface area contributed by atoms with Crippen molar-refractivity contribution in [2.75, 3.05) is 26.9 Å². The second-order valence-corrected chi connectivity index (χ2v) is 12.0. The number of carbonyl (C=O) groups excluding carboxylic acids is 3. The van der Waals surface area contributed by atoms with Crippen LogP contribution in [0.4, 0.5) is 0 Å². The predicted molar refractivity (Wildman–Crippen MR) is 165 cm³/mol. The summed E-state index contributed by atoms with van der Waals surface area (Å²) in [7, 11) is 1.32. The monoisotopic (exact) mass is 656 g/mol. The minimum atomic E-state index is -2.24. The Bertz CT molecular complexity index is 1590. The summed E-state index contributed by atoms with van der Waals surface area (Å²) in [5.41, 5.74) is 2.37. The molecule has 0 aromatic heterocycles. The lowest BCUT2D eigenvalue weighted by Crippen LogP contribution is -2.53. The van der Waals surface area contributed by atoms with E-state index in [4.69, 9.17) is 24.7 Å². The van der Waals surface area contributed by atoms with Crippen LogP contribution in [0.5, 0.6) is 17.2 Å². The second-order valence-electron chi connectivity index (χ2n) is 12.0. The SMILES string of the molecule is CCCC1=NCCO1.COc1cccc2c1C(=O)c1c(O)c3c(c(O)c1C2=O)C[C@@](O)(C(=O)CO)C[C@@H]3O[C@H]1C[C@H](N)[C@H](O)[C@H](C)O1. The van der Waals surface area contributed by atoms with E-state index >= 15 is 0 Å². The number of aliphatic imine (C=N–C) groups is 1. The van der Waals surface area contributed by atoms with Gasteiger partial charge in [0.05, 0.1) is 48.7 Å². The van der Waals surface area contributed by atoms with Crippen LogP contribution in [-0.2, 0) is 25.4 Å². The molecule has 0 amide bonds. The van der Waals surface area contributed by atoms with E-state index in [1.165, 1.54) is 25.3 Å². The first-order valence-corrected chi connectivity index (χ1v) is 15.5. The molecule has 0 unspecified atom stereocenters. The lowest BCUT2D eigenvalue weighted by molar-refractivity contribution is -0.247. The molecule has 0 spiro atoms. The fraction of sp³-hybridized carbons (Fsp3) is 0.515. The summed E-state index contributed by atoms with van der Waals surface area (Å²) in [4.78, 5) is 43.9. The van der Waals surface area contributed by atoms with Crippen LogP contribution in [0.15, 0.2) is 23.2 Å². The maximum absolute atomic E-state index is 13.6. The van der Waals surface area contributed by atoms with Crippen LogP contribution in [0.25, 0.3) is 0 Å². The summed E-state index contributed by atoms with van der Waals surface area (Å²) in [5, 5.41) is 53.7. The maximum Gasteiger partial charge on any atom is 0.202 e. The van der Waals surface area contributed by atoms with E-state index in [1.54, 1.807) is 6.92 Å². The number of phenols is 2. The van der Waals surface area contributed by atoms with E-state index in [9.17, 15) is 39.9 Å². The number of hydrogen-bond donors (Lipinski definition) is 6. The highest BCUT2D eigenvalue weighted by atomic mass is 16.7. The van der Waals surface area contributed by atoms with Crippen molar-refractivity contribution < 1.29 is 58.9 Å². The number of rotatable bonds is 7. The molecule has 1 fully saturated rings. The molecule has 1 saturated heterocycles. The number of aliphatic hydroxyl groups excluding tert-OH is 2. The fourth-order valence-corrected chi connectivity index (χ4v) is 6.49. The van der Waals surface area contributed by atoms with Crippen LogP contribution in [0.3, 0.4) is 0 Å². The second kappa shape index (κ2) is 13.7. The lowest BCUT2D eigenvalue weighted by Gasteiger charge is -2.42. The molecule has 0 radical (unpaired) electrons. The lowest BCUT2D eigenvalue weighted by atomic mass is 9.72. The Hall–Kier alpha value is -3.92. The number of methoxy groups -OCH3 is 1. The summed E-state index contributed by atoms with van der Waals surface area (Å²) in [5.74, 6) is -2.82. The third kappa shape index (κ3) is 6.24. The van der Waals surface area contributed by atoms with Gasteiger partial charge in [-0.15, -0.1) is 0 Å². The average molecular weight is 657 g/mol. The predicted octanol–water partition coefficient (Wildman–Crippen LogP) is 1.22. The Morgan fingerprint density at radius 1 is 1.15 bits per heavy atom. The van der Waals surface area contributed by atoms with E-state index in [-0.39, 0.29) is 34.4 Å². The number of fused-ring (bicyclic) bond motifs is 3. The minimum Gasteiger partial charge on any atom is -0.507 e. The van der Waals surface area contributed by atoms with Crippen LogP contribution in [0.1, 0.15) is 88.6 Å². The number of nitrogens with two attached hydrogens (primary N) is 1. The topological polar surface area (TPSA) is 228 Å². The van der Waals surface area contributed by atoms with Gasteiger partial charge >= 0.3 is 0 Å². The molecule has 4 aliphatic rings. The molecule has 2 heterocycles. The molecule has 7 N–H and O–H groups in total. The molecular formula is C33H40N2O12. The van der Waals surface area contributed by atoms with Gasteiger partial charge in [-0.25, -0.2) is 0 Å². The number of ether oxygens (including phenoxy) is 4. The Balaban J connectivity index is 0.000000474. The molecule has 6 atom stereocenters. The molecule has 6 rings (SSSR count). The molecule has 47 heavy (non-hydrogen) atoms. The average Bonchev–Trinajstić information content (AvgIpc) is 3.57. The van der Waals surface area contributed by atoms with Gasteiger partial charge in [0.2, 0.25) is 5.78 Å². The van der Waals surface area contributed by atoms with Crippen molar-refractivity contribution in [1.82, 2.24) is 0 Å². The molecule has 14 nitrogen and oxygen atoms in total. The van der Waals surface area contributed by atoms with Crippen molar-refractivity contribution in [1.29, 1.82) is 0 Å². The molecule has 2 aliphatic heterocycles. The zero-order valence-electron chi connectivity index (χ0n) is 26.4. The van der Waals surface area contributed by atoms with E-state index in [1.807, 2.05) is 0 Å². The third-order valence-electron chi connectivity index (χ3n) is 8.92. The van der Waals surface area contributed by atoms with Crippen LogP contribution < -0.4 is 10.5 Å². The van der Waals surface area contributed by atoms with Gasteiger partial charge in [0.15, 0.2) is 23.8 Å². The standard InChI is InChI=1S/C27H29NO11.C6H11NO/c1-10-22(31)13(28)6-17(38-10)39-15-8-27(36,16(30)9-29)7-12-19(15)26(35)21-20(24(12)33)23(32)11-4-3-5-14(37-2)18(11)25(21)34;1-2-3-6-7-4-5-8-6/h3-5,10,13,15,17,22,29,31,33,35-36H,6-9,28H2,1-2H3;2-5H2,1H3/t10-,13-,15-,17-,22+,27-;/m0./s1. The van der Waals surface area contributed by atoms with E-state index in [0.29, 0.717) is 0 Å². The van der Waals surface area contributed by atoms with Crippen LogP contribution in [0.2, 0.25) is 0 Å². The Morgan fingerprint density at radius 3 is 2.49 bits per heavy atom. The first kappa shape index (κ1) is 34.4. The van der Waals surface area contributed by atoms with Gasteiger partial charge < -0.3 is 50.2 Å². The van der Waals surface area contributed by atoms with E-state index in [2.05, 4.69) is 11.9 Å². The van der Waals surface area contributed by atoms with Crippen LogP contribution in [-0.4, -0.2) is 106 Å². The van der Waals surface area contributed by atoms with Gasteiger partial charge in [-0.05, 0) is 19.4 Å². The molecular weight excluding hydrogens is 616 g/mol. The minimum absolute atomic E-state index is 0.0173. The number of nitrogens with zero attached hydrogens (tertiary/aromatic N) is 1. The van der Waals surface area contributed by atoms with Crippen molar-refractivity contribution in [2.45, 2.75) is 82.2 Å². The first-order chi connectivity index (χ1) is 22.4. The Kier molecular flexibility index (Phi) is 10.0. The van der Waals surface area contributed by atoms with Gasteiger partial charge in [-0.1, -0.05) is 19.1 Å². The summed E-state index contributed by atoms with van der Waals surface area (Å²) in [6, 6.07) is 3.64. The number of ketones is 3. The molecule has 2 aliphatic carbocycles. The quantitative estimate of drug-likeness (QED) is 0.197. The van der Waals surface area contributed by atoms with Crippen molar-refractivity contribution in [3.63, 3.8) is 0 Å². The number of hydrogen-bond acceptors (Lipinski definition) is 14. The van der Waals surface area contributed by atoms with Gasteiger partial charge in [-0.2, -0.15) is 0 Å². The summed E-state index contributed by atoms with van der Waals surface area (Å²) < 4.78 is 22.1. The van der Waals surface area contributed by atoms with Crippen molar-refractivity contribution in [3.8, 4) is 17.2 Å². The fourth-order valence-electron chi connectivity index (χ4n) is 6.49. The third-order valence-corrected chi connectivity index (χ3v) is 8.92. The summed E-state index contributed by atoms with van der Waals surface area (Å²) in [6.45, 7) is 4.36.